The molecule has 3 aromatic rings. The molecule has 3 aromatic carbocycles. The summed E-state index contributed by atoms with van der Waals surface area (Å²) in [6, 6.07) is 13.4. The van der Waals surface area contributed by atoms with Crippen molar-refractivity contribution >= 4 is 29.1 Å². The van der Waals surface area contributed by atoms with E-state index in [1.807, 2.05) is 12.1 Å². The second kappa shape index (κ2) is 12.1. The summed E-state index contributed by atoms with van der Waals surface area (Å²) in [4.78, 5) is 20.5. The van der Waals surface area contributed by atoms with Gasteiger partial charge in [0.05, 0.1) is 24.3 Å². The van der Waals surface area contributed by atoms with Crippen LogP contribution < -0.4 is 9.47 Å². The molecule has 2 aliphatic rings. The Bertz CT molecular complexity index is 1420. The molecular weight excluding hydrogens is 571 g/mol. The molecule has 0 radical (unpaired) electrons. The highest BCUT2D eigenvalue weighted by Gasteiger charge is 2.50. The predicted molar refractivity (Wildman–Crippen MR) is 156 cm³/mol. The molecule has 0 spiro atoms. The number of carbonyl (C=O) groups excluding carboxylic acids is 1. The summed E-state index contributed by atoms with van der Waals surface area (Å²) in [5.41, 5.74) is 2.72. The Labute approximate surface area is 249 Å². The van der Waals surface area contributed by atoms with Gasteiger partial charge in [-0.15, -0.1) is 0 Å². The molecule has 1 amide bonds. The first-order chi connectivity index (χ1) is 19.6. The first-order valence-electron chi connectivity index (χ1n) is 13.5. The molecule has 5 rings (SSSR count). The normalized spacial score (nSPS) is 16.9. The lowest BCUT2D eigenvalue weighted by Crippen LogP contribution is -2.64. The Kier molecular flexibility index (Phi) is 8.76. The lowest BCUT2D eigenvalue weighted by molar-refractivity contribution is -0.145. The third-order valence-corrected chi connectivity index (χ3v) is 8.75. The minimum absolute atomic E-state index is 0.0387. The zero-order valence-corrected chi connectivity index (χ0v) is 24.9. The topological polar surface area (TPSA) is 45.2 Å². The second-order valence-corrected chi connectivity index (χ2v) is 11.6. The van der Waals surface area contributed by atoms with E-state index in [2.05, 4.69) is 21.9 Å². The summed E-state index contributed by atoms with van der Waals surface area (Å²) in [7, 11) is 4.74. The monoisotopic (exact) mass is 603 g/mol. The molecule has 0 bridgehead atoms. The van der Waals surface area contributed by atoms with Crippen LogP contribution in [-0.2, 0) is 30.7 Å². The number of benzene rings is 3. The van der Waals surface area contributed by atoms with Crippen LogP contribution >= 0.6 is 23.2 Å². The molecule has 0 unspecified atom stereocenters. The highest BCUT2D eigenvalue weighted by molar-refractivity contribution is 6.32. The van der Waals surface area contributed by atoms with Crippen LogP contribution in [0.15, 0.2) is 48.5 Å². The van der Waals surface area contributed by atoms with Crippen molar-refractivity contribution in [2.45, 2.75) is 31.5 Å². The number of rotatable bonds is 8. The molecule has 1 aliphatic carbocycles. The maximum absolute atomic E-state index is 14.4. The number of likely N-dealkylation sites (N-methyl/N-ethyl adjacent to an activating group) is 1. The van der Waals surface area contributed by atoms with Gasteiger partial charge < -0.3 is 14.4 Å². The Morgan fingerprint density at radius 2 is 1.39 bits per heavy atom. The van der Waals surface area contributed by atoms with E-state index in [9.17, 15) is 13.6 Å². The summed E-state index contributed by atoms with van der Waals surface area (Å²) < 4.78 is 39.2. The van der Waals surface area contributed by atoms with Crippen LogP contribution in [-0.4, -0.2) is 73.6 Å². The molecule has 218 valence electrons. The van der Waals surface area contributed by atoms with Crippen molar-refractivity contribution in [2.24, 2.45) is 0 Å². The molecule has 41 heavy (non-hydrogen) atoms. The van der Waals surface area contributed by atoms with Crippen LogP contribution in [0.2, 0.25) is 10.0 Å². The summed E-state index contributed by atoms with van der Waals surface area (Å²) in [6.07, 6.45) is 1.17. The van der Waals surface area contributed by atoms with Gasteiger partial charge in [-0.2, -0.15) is 0 Å². The molecule has 0 N–H and O–H groups in total. The van der Waals surface area contributed by atoms with Crippen LogP contribution in [0.25, 0.3) is 0 Å². The minimum atomic E-state index is -0.783. The van der Waals surface area contributed by atoms with Crippen molar-refractivity contribution in [1.82, 2.24) is 14.7 Å². The fourth-order valence-corrected chi connectivity index (χ4v) is 6.89. The number of fused-ring (bicyclic) bond motifs is 1. The molecule has 6 nitrogen and oxygen atoms in total. The number of hydrogen-bond acceptors (Lipinski definition) is 5. The van der Waals surface area contributed by atoms with Gasteiger partial charge in [0.25, 0.3) is 0 Å². The molecule has 1 aliphatic heterocycles. The maximum atomic E-state index is 14.4. The third kappa shape index (κ3) is 5.89. The maximum Gasteiger partial charge on any atom is 0.243 e. The van der Waals surface area contributed by atoms with Crippen LogP contribution in [0.5, 0.6) is 11.5 Å². The summed E-state index contributed by atoms with van der Waals surface area (Å²) >= 11 is 12.4. The van der Waals surface area contributed by atoms with E-state index in [0.29, 0.717) is 68.2 Å². The minimum Gasteiger partial charge on any atom is -0.495 e. The molecule has 1 heterocycles. The second-order valence-electron chi connectivity index (χ2n) is 10.7. The molecule has 1 saturated heterocycles. The third-order valence-electron chi connectivity index (χ3n) is 8.19. The standard InChI is InChI=1S/C31H33Cl2F2N3O3/c1-36(18-22-12-24(34)14-26(32)28(22)40-2)30(39)31(16-20-6-4-5-7-21(20)17-31)38-10-8-37(9-11-38)19-23-13-25(35)15-27(33)29(23)41-3/h4-7,12-15H,8-11,16-19H2,1-3H3. The van der Waals surface area contributed by atoms with E-state index in [4.69, 9.17) is 32.7 Å². The molecular formula is C31H33Cl2F2N3O3. The van der Waals surface area contributed by atoms with E-state index in [1.165, 1.54) is 38.5 Å². The largest absolute Gasteiger partial charge is 0.495 e. The fraction of sp³-hybridized carbons (Fsp3) is 0.387. The zero-order valence-electron chi connectivity index (χ0n) is 23.4. The van der Waals surface area contributed by atoms with Crippen LogP contribution in [0.4, 0.5) is 8.78 Å². The van der Waals surface area contributed by atoms with Gasteiger partial charge in [-0.05, 0) is 35.4 Å². The average Bonchev–Trinajstić information content (AvgIpc) is 3.33. The van der Waals surface area contributed by atoms with Gasteiger partial charge in [0, 0.05) is 70.3 Å². The summed E-state index contributed by atoms with van der Waals surface area (Å²) in [5, 5.41) is 0.410. The van der Waals surface area contributed by atoms with E-state index in [-0.39, 0.29) is 22.5 Å². The van der Waals surface area contributed by atoms with E-state index in [0.717, 1.165) is 11.1 Å². The van der Waals surface area contributed by atoms with Crippen molar-refractivity contribution in [3.05, 3.63) is 92.5 Å². The number of methoxy groups -OCH3 is 2. The Morgan fingerprint density at radius 1 is 0.878 bits per heavy atom. The summed E-state index contributed by atoms with van der Waals surface area (Å²) in [5.74, 6) is -0.0945. The van der Waals surface area contributed by atoms with Gasteiger partial charge >= 0.3 is 0 Å². The van der Waals surface area contributed by atoms with Crippen molar-refractivity contribution in [1.29, 1.82) is 0 Å². The Morgan fingerprint density at radius 3 is 1.93 bits per heavy atom. The quantitative estimate of drug-likeness (QED) is 0.335. The number of halogens is 4. The number of hydrogen-bond donors (Lipinski definition) is 0. The Balaban J connectivity index is 1.37. The molecule has 10 heteroatoms. The van der Waals surface area contributed by atoms with Gasteiger partial charge in [-0.1, -0.05) is 47.5 Å². The van der Waals surface area contributed by atoms with Gasteiger partial charge in [0.2, 0.25) is 5.91 Å². The SMILES string of the molecule is COc1c(Cl)cc(F)cc1CN1CCN(C2(C(=O)N(C)Cc3cc(F)cc(Cl)c3OC)Cc3ccccc3C2)CC1. The highest BCUT2D eigenvalue weighted by Crippen LogP contribution is 2.38. The molecule has 0 saturated carbocycles. The fourth-order valence-electron chi connectivity index (χ4n) is 6.28. The van der Waals surface area contributed by atoms with Crippen molar-refractivity contribution in [3.8, 4) is 11.5 Å². The zero-order chi connectivity index (χ0) is 29.3. The Hall–Kier alpha value is -2.91. The van der Waals surface area contributed by atoms with Gasteiger partial charge in [0.1, 0.15) is 28.7 Å². The number of amides is 1. The van der Waals surface area contributed by atoms with Gasteiger partial charge in [-0.3, -0.25) is 14.6 Å². The molecule has 0 atom stereocenters. The molecule has 0 aromatic heterocycles. The lowest BCUT2D eigenvalue weighted by atomic mass is 9.90. The smallest absolute Gasteiger partial charge is 0.243 e. The number of nitrogens with zero attached hydrogens (tertiary/aromatic N) is 3. The van der Waals surface area contributed by atoms with Crippen LogP contribution in [0, 0.1) is 11.6 Å². The van der Waals surface area contributed by atoms with Crippen molar-refractivity contribution in [2.75, 3.05) is 47.4 Å². The van der Waals surface area contributed by atoms with Crippen LogP contribution in [0.1, 0.15) is 22.3 Å². The van der Waals surface area contributed by atoms with E-state index in [1.54, 1.807) is 11.9 Å². The average molecular weight is 605 g/mol. The van der Waals surface area contributed by atoms with E-state index >= 15 is 0 Å². The van der Waals surface area contributed by atoms with Crippen LogP contribution in [0.3, 0.4) is 0 Å². The first kappa shape index (κ1) is 29.6. The summed E-state index contributed by atoms with van der Waals surface area (Å²) in [6.45, 7) is 3.29. The number of carbonyl (C=O) groups is 1. The number of piperazine rings is 1. The number of ether oxygens (including phenoxy) is 2. The van der Waals surface area contributed by atoms with Crippen molar-refractivity contribution < 1.29 is 23.0 Å². The van der Waals surface area contributed by atoms with Crippen molar-refractivity contribution in [3.63, 3.8) is 0 Å². The van der Waals surface area contributed by atoms with E-state index < -0.39 is 17.2 Å². The predicted octanol–water partition coefficient (Wildman–Crippen LogP) is 5.60. The molecule has 1 fully saturated rings. The highest BCUT2D eigenvalue weighted by atomic mass is 35.5. The lowest BCUT2D eigenvalue weighted by Gasteiger charge is -2.46. The first-order valence-corrected chi connectivity index (χ1v) is 14.2. The van der Waals surface area contributed by atoms with Gasteiger partial charge in [-0.25, -0.2) is 8.78 Å². The van der Waals surface area contributed by atoms with Gasteiger partial charge in [0.15, 0.2) is 0 Å².